The van der Waals surface area contributed by atoms with E-state index in [0.717, 1.165) is 37.2 Å². The van der Waals surface area contributed by atoms with E-state index < -0.39 is 0 Å². The van der Waals surface area contributed by atoms with Gasteiger partial charge in [-0.05, 0) is 88.2 Å². The van der Waals surface area contributed by atoms with Gasteiger partial charge in [-0.3, -0.25) is 14.5 Å². The molecule has 5 nitrogen and oxygen atoms in total. The number of anilines is 1. The highest BCUT2D eigenvalue weighted by Gasteiger charge is 2.31. The lowest BCUT2D eigenvalue weighted by molar-refractivity contribution is 0.0111. The van der Waals surface area contributed by atoms with Gasteiger partial charge in [0.2, 0.25) is 0 Å². The number of hydroxylamine groups is 1. The van der Waals surface area contributed by atoms with E-state index in [1.54, 1.807) is 0 Å². The predicted octanol–water partition coefficient (Wildman–Crippen LogP) is 7.06. The normalized spacial score (nSPS) is 15.0. The molecule has 1 unspecified atom stereocenters. The number of nitrogens with zero attached hydrogens (tertiary/aromatic N) is 2. The predicted molar refractivity (Wildman–Crippen MR) is 145 cm³/mol. The van der Waals surface area contributed by atoms with E-state index in [1.807, 2.05) is 72.8 Å². The number of carbonyl (C=O) groups is 1. The number of hydrogen-bond donors (Lipinski definition) is 0. The Morgan fingerprint density at radius 2 is 1.53 bits per heavy atom. The van der Waals surface area contributed by atoms with Gasteiger partial charge in [-0.1, -0.05) is 61.9 Å². The second-order valence-corrected chi connectivity index (χ2v) is 10.0. The Kier molecular flexibility index (Phi) is 8.79. The maximum Gasteiger partial charge on any atom is 0.282 e. The number of hydrogen-bond acceptors (Lipinski definition) is 4. The molecule has 1 fully saturated rings. The van der Waals surface area contributed by atoms with Crippen LogP contribution in [0.3, 0.4) is 0 Å². The summed E-state index contributed by atoms with van der Waals surface area (Å²) in [5.74, 6) is 0.584. The second kappa shape index (κ2) is 12.2. The number of amides is 1. The average molecular weight is 487 g/mol. The summed E-state index contributed by atoms with van der Waals surface area (Å²) in [5.41, 5.74) is 2.26. The van der Waals surface area contributed by atoms with Gasteiger partial charge in [-0.2, -0.15) is 5.06 Å². The summed E-state index contributed by atoms with van der Waals surface area (Å²) < 4.78 is 6.35. The van der Waals surface area contributed by atoms with Gasteiger partial charge < -0.3 is 4.74 Å². The highest BCUT2D eigenvalue weighted by Crippen LogP contribution is 2.29. The van der Waals surface area contributed by atoms with Crippen molar-refractivity contribution in [2.75, 3.05) is 24.8 Å². The second-order valence-electron chi connectivity index (χ2n) is 10.0. The van der Waals surface area contributed by atoms with Crippen LogP contribution in [0, 0.1) is 0 Å². The molecule has 0 spiro atoms. The number of rotatable bonds is 11. The van der Waals surface area contributed by atoms with Crippen molar-refractivity contribution in [3.05, 3.63) is 96.1 Å². The molecule has 4 rings (SSSR count). The lowest BCUT2D eigenvalue weighted by Crippen LogP contribution is -2.48. The van der Waals surface area contributed by atoms with Crippen LogP contribution in [-0.2, 0) is 4.84 Å². The monoisotopic (exact) mass is 486 g/mol. The van der Waals surface area contributed by atoms with Crippen molar-refractivity contribution in [2.24, 2.45) is 0 Å². The van der Waals surface area contributed by atoms with E-state index in [9.17, 15) is 4.79 Å². The molecule has 1 aliphatic rings. The number of carbonyl (C=O) groups excluding carboxylic acids is 1. The van der Waals surface area contributed by atoms with E-state index in [-0.39, 0.29) is 17.6 Å². The molecule has 3 aromatic rings. The Morgan fingerprint density at radius 1 is 0.917 bits per heavy atom. The molecule has 0 bridgehead atoms. The van der Waals surface area contributed by atoms with E-state index >= 15 is 0 Å². The Labute approximate surface area is 215 Å². The zero-order valence-electron chi connectivity index (χ0n) is 21.7. The molecule has 190 valence electrons. The zero-order valence-corrected chi connectivity index (χ0v) is 21.7. The van der Waals surface area contributed by atoms with Crippen LogP contribution >= 0.6 is 0 Å². The van der Waals surface area contributed by atoms with Crippen LogP contribution in [0.2, 0.25) is 0 Å². The van der Waals surface area contributed by atoms with Gasteiger partial charge in [-0.15, -0.1) is 0 Å². The van der Waals surface area contributed by atoms with Gasteiger partial charge >= 0.3 is 0 Å². The molecule has 5 heteroatoms. The minimum atomic E-state index is -0.186. The van der Waals surface area contributed by atoms with Gasteiger partial charge in [0, 0.05) is 11.1 Å². The van der Waals surface area contributed by atoms with Gasteiger partial charge in [-0.25, -0.2) is 0 Å². The number of ether oxygens (including phenoxy) is 1. The fraction of sp³-hybridized carbons (Fsp3) is 0.387. The highest BCUT2D eigenvalue weighted by atomic mass is 16.7. The topological polar surface area (TPSA) is 42.0 Å². The molecule has 1 heterocycles. The molecule has 1 saturated heterocycles. The summed E-state index contributed by atoms with van der Waals surface area (Å²) in [7, 11) is 0. The summed E-state index contributed by atoms with van der Waals surface area (Å²) in [4.78, 5) is 22.2. The third kappa shape index (κ3) is 6.54. The lowest BCUT2D eigenvalue weighted by Gasteiger charge is -2.36. The molecule has 0 radical (unpaired) electrons. The molecule has 0 aliphatic carbocycles. The van der Waals surface area contributed by atoms with E-state index in [1.165, 1.54) is 17.9 Å². The summed E-state index contributed by atoms with van der Waals surface area (Å²) >= 11 is 0. The van der Waals surface area contributed by atoms with Crippen molar-refractivity contribution in [3.63, 3.8) is 0 Å². The third-order valence-corrected chi connectivity index (χ3v) is 6.79. The van der Waals surface area contributed by atoms with Crippen LogP contribution in [-0.4, -0.2) is 36.0 Å². The average Bonchev–Trinajstić information content (AvgIpc) is 3.47. The molecule has 36 heavy (non-hydrogen) atoms. The first-order valence-corrected chi connectivity index (χ1v) is 13.1. The summed E-state index contributed by atoms with van der Waals surface area (Å²) in [6.45, 7) is 9.06. The van der Waals surface area contributed by atoms with Gasteiger partial charge in [0.05, 0.1) is 12.3 Å². The summed E-state index contributed by atoms with van der Waals surface area (Å²) in [6, 6.07) is 27.2. The smallest absolute Gasteiger partial charge is 0.282 e. The van der Waals surface area contributed by atoms with Gasteiger partial charge in [0.15, 0.2) is 0 Å². The third-order valence-electron chi connectivity index (χ3n) is 6.79. The van der Waals surface area contributed by atoms with E-state index in [0.29, 0.717) is 17.9 Å². The van der Waals surface area contributed by atoms with Crippen LogP contribution in [0.15, 0.2) is 84.9 Å². The summed E-state index contributed by atoms with van der Waals surface area (Å²) in [6.07, 6.45) is 4.36. The maximum atomic E-state index is 13.5. The molecule has 1 aliphatic heterocycles. The van der Waals surface area contributed by atoms with Crippen molar-refractivity contribution in [3.8, 4) is 5.75 Å². The molecule has 0 N–H and O–H groups in total. The van der Waals surface area contributed by atoms with Crippen molar-refractivity contribution in [1.29, 1.82) is 0 Å². The van der Waals surface area contributed by atoms with Crippen LogP contribution in [0.5, 0.6) is 5.75 Å². The highest BCUT2D eigenvalue weighted by molar-refractivity contribution is 6.04. The van der Waals surface area contributed by atoms with Crippen LogP contribution in [0.4, 0.5) is 5.69 Å². The van der Waals surface area contributed by atoms with Gasteiger partial charge in [0.1, 0.15) is 11.9 Å². The minimum Gasteiger partial charge on any atom is -0.486 e. The van der Waals surface area contributed by atoms with E-state index in [4.69, 9.17) is 9.57 Å². The first-order valence-electron chi connectivity index (χ1n) is 13.1. The van der Waals surface area contributed by atoms with Crippen molar-refractivity contribution >= 4 is 11.6 Å². The maximum absolute atomic E-state index is 13.5. The van der Waals surface area contributed by atoms with Gasteiger partial charge in [0.25, 0.3) is 5.91 Å². The Bertz CT molecular complexity index is 1080. The SMILES string of the molecule is CCCC(Oc1ccc(N(OCC(C)(C)N2CCCC2)C(=O)c2ccccc2)cc1)c1ccccc1. The first-order chi connectivity index (χ1) is 17.5. The quantitative estimate of drug-likeness (QED) is 0.272. The molecule has 1 amide bonds. The van der Waals surface area contributed by atoms with Crippen molar-refractivity contribution in [1.82, 2.24) is 4.90 Å². The van der Waals surface area contributed by atoms with Crippen LogP contribution in [0.1, 0.15) is 68.5 Å². The molecular weight excluding hydrogens is 448 g/mol. The molecule has 3 aromatic carbocycles. The Morgan fingerprint density at radius 3 is 2.14 bits per heavy atom. The number of likely N-dealkylation sites (tertiary alicyclic amines) is 1. The summed E-state index contributed by atoms with van der Waals surface area (Å²) in [5, 5.41) is 1.43. The zero-order chi connectivity index (χ0) is 25.4. The minimum absolute atomic E-state index is 0.0124. The fourth-order valence-electron chi connectivity index (χ4n) is 4.63. The van der Waals surface area contributed by atoms with Crippen molar-refractivity contribution in [2.45, 2.75) is 58.1 Å². The lowest BCUT2D eigenvalue weighted by atomic mass is 10.1. The number of benzene rings is 3. The van der Waals surface area contributed by atoms with Crippen LogP contribution < -0.4 is 9.80 Å². The Hall–Kier alpha value is -3.15. The van der Waals surface area contributed by atoms with Crippen molar-refractivity contribution < 1.29 is 14.4 Å². The molecular formula is C31H38N2O3. The largest absolute Gasteiger partial charge is 0.486 e. The molecule has 0 saturated carbocycles. The van der Waals surface area contributed by atoms with E-state index in [2.05, 4.69) is 37.8 Å². The standard InChI is InChI=1S/C31H38N2O3/c1-4-13-29(25-14-7-5-8-15-25)36-28-20-18-27(19-21-28)33(30(34)26-16-9-6-10-17-26)35-24-31(2,3)32-22-11-12-23-32/h5-10,14-21,29H,4,11-13,22-24H2,1-3H3. The van der Waals surface area contributed by atoms with Crippen LogP contribution in [0.25, 0.3) is 0 Å². The molecule has 1 atom stereocenters. The Balaban J connectivity index is 1.53. The first kappa shape index (κ1) is 25.9. The molecule has 0 aromatic heterocycles. The fourth-order valence-corrected chi connectivity index (χ4v) is 4.63.